The Hall–Kier alpha value is -3.63. The standard InChI is InChI=1S/C26H36N4O10S/c1-2-20-3-6-22(7-4-20)41(35,36)30-23-8-5-21(17-29-23)26(34)28-10-12-38-13-15-39-18-24(31)27-9-11-37-14-16-40-19-25(32)33/h3-8,17H,2,9-16,18-19H2,1H3,(H,27,31)(H,28,34)(H,29,30)(H,32,33). The average Bonchev–Trinajstić information content (AvgIpc) is 2.95. The summed E-state index contributed by atoms with van der Waals surface area (Å²) in [4.78, 5) is 38.4. The van der Waals surface area contributed by atoms with Gasteiger partial charge in [-0.25, -0.2) is 18.2 Å². The number of rotatable bonds is 21. The number of nitrogens with one attached hydrogen (secondary N) is 3. The predicted molar refractivity (Wildman–Crippen MR) is 147 cm³/mol. The van der Waals surface area contributed by atoms with Gasteiger partial charge in [-0.1, -0.05) is 19.1 Å². The lowest BCUT2D eigenvalue weighted by atomic mass is 10.2. The van der Waals surface area contributed by atoms with E-state index in [0.29, 0.717) is 0 Å². The number of ether oxygens (including phenoxy) is 4. The SMILES string of the molecule is CCc1ccc(S(=O)(=O)Nc2ccc(C(=O)NCCOCCOCC(=O)NCCOCCOCC(=O)O)cn2)cc1. The van der Waals surface area contributed by atoms with Crippen molar-refractivity contribution in [1.82, 2.24) is 15.6 Å². The minimum Gasteiger partial charge on any atom is -0.480 e. The minimum atomic E-state index is -3.80. The number of aromatic nitrogens is 1. The topological polar surface area (TPSA) is 191 Å². The zero-order valence-electron chi connectivity index (χ0n) is 22.8. The molecule has 0 spiro atoms. The molecule has 0 radical (unpaired) electrons. The van der Waals surface area contributed by atoms with Crippen molar-refractivity contribution < 1.29 is 46.9 Å². The molecule has 226 valence electrons. The van der Waals surface area contributed by atoms with Crippen molar-refractivity contribution in [1.29, 1.82) is 0 Å². The summed E-state index contributed by atoms with van der Waals surface area (Å²) in [7, 11) is -3.80. The van der Waals surface area contributed by atoms with Gasteiger partial charge in [0.25, 0.3) is 15.9 Å². The number of pyridine rings is 1. The van der Waals surface area contributed by atoms with Crippen LogP contribution in [0.3, 0.4) is 0 Å². The van der Waals surface area contributed by atoms with E-state index in [9.17, 15) is 22.8 Å². The molecular weight excluding hydrogens is 560 g/mol. The molecule has 0 saturated heterocycles. The molecule has 0 bridgehead atoms. The molecule has 2 rings (SSSR count). The Balaban J connectivity index is 1.52. The molecular formula is C26H36N4O10S. The molecule has 1 aromatic carbocycles. The number of aliphatic carboxylic acids is 1. The van der Waals surface area contributed by atoms with Gasteiger partial charge in [-0.3, -0.25) is 14.3 Å². The van der Waals surface area contributed by atoms with Gasteiger partial charge >= 0.3 is 5.97 Å². The Morgan fingerprint density at radius 1 is 0.805 bits per heavy atom. The first-order valence-electron chi connectivity index (χ1n) is 12.9. The van der Waals surface area contributed by atoms with Gasteiger partial charge in [-0.2, -0.15) is 0 Å². The zero-order chi connectivity index (χ0) is 29.9. The van der Waals surface area contributed by atoms with Crippen LogP contribution < -0.4 is 15.4 Å². The Morgan fingerprint density at radius 2 is 1.41 bits per heavy atom. The number of sulfonamides is 1. The second-order valence-electron chi connectivity index (χ2n) is 8.36. The Kier molecular flexibility index (Phi) is 15.3. The molecule has 15 heteroatoms. The number of hydrogen-bond acceptors (Lipinski definition) is 10. The number of carboxylic acid groups (broad SMARTS) is 1. The monoisotopic (exact) mass is 596 g/mol. The molecule has 0 aliphatic rings. The van der Waals surface area contributed by atoms with Crippen molar-refractivity contribution in [2.45, 2.75) is 18.2 Å². The maximum Gasteiger partial charge on any atom is 0.329 e. The highest BCUT2D eigenvalue weighted by molar-refractivity contribution is 7.92. The molecule has 14 nitrogen and oxygen atoms in total. The van der Waals surface area contributed by atoms with Crippen LogP contribution in [0.15, 0.2) is 47.5 Å². The molecule has 2 aromatic rings. The second kappa shape index (κ2) is 18.7. The molecule has 2 amide bonds. The van der Waals surface area contributed by atoms with Crippen molar-refractivity contribution >= 4 is 33.6 Å². The summed E-state index contributed by atoms with van der Waals surface area (Å²) in [5.74, 6) is -1.67. The number of amides is 2. The van der Waals surface area contributed by atoms with Crippen molar-refractivity contribution in [3.8, 4) is 0 Å². The van der Waals surface area contributed by atoms with Gasteiger partial charge < -0.3 is 34.7 Å². The van der Waals surface area contributed by atoms with E-state index >= 15 is 0 Å². The van der Waals surface area contributed by atoms with E-state index in [1.54, 1.807) is 12.1 Å². The quantitative estimate of drug-likeness (QED) is 0.146. The fourth-order valence-electron chi connectivity index (χ4n) is 3.11. The first kappa shape index (κ1) is 33.6. The van der Waals surface area contributed by atoms with Crippen LogP contribution in [-0.2, 0) is 45.0 Å². The van der Waals surface area contributed by atoms with E-state index in [-0.39, 0.29) is 88.1 Å². The van der Waals surface area contributed by atoms with E-state index in [1.165, 1.54) is 30.5 Å². The van der Waals surface area contributed by atoms with E-state index in [2.05, 4.69) is 20.3 Å². The number of carbonyl (C=O) groups is 3. The van der Waals surface area contributed by atoms with Crippen LogP contribution in [0.2, 0.25) is 0 Å². The van der Waals surface area contributed by atoms with Gasteiger partial charge in [-0.15, -0.1) is 0 Å². The Labute approximate surface area is 238 Å². The Morgan fingerprint density at radius 3 is 2.00 bits per heavy atom. The normalized spacial score (nSPS) is 11.1. The lowest BCUT2D eigenvalue weighted by Crippen LogP contribution is -2.31. The van der Waals surface area contributed by atoms with E-state index in [4.69, 9.17) is 24.1 Å². The summed E-state index contributed by atoms with van der Waals surface area (Å²) in [6.45, 7) is 3.21. The summed E-state index contributed by atoms with van der Waals surface area (Å²) in [5.41, 5.74) is 1.28. The first-order valence-corrected chi connectivity index (χ1v) is 14.3. The van der Waals surface area contributed by atoms with Crippen LogP contribution in [0.5, 0.6) is 0 Å². The van der Waals surface area contributed by atoms with Crippen LogP contribution in [0, 0.1) is 0 Å². The van der Waals surface area contributed by atoms with Gasteiger partial charge in [0, 0.05) is 19.3 Å². The molecule has 1 heterocycles. The van der Waals surface area contributed by atoms with Crippen LogP contribution in [0.4, 0.5) is 5.82 Å². The largest absolute Gasteiger partial charge is 0.480 e. The number of hydrogen-bond donors (Lipinski definition) is 4. The fourth-order valence-corrected chi connectivity index (χ4v) is 4.11. The van der Waals surface area contributed by atoms with E-state index in [0.717, 1.165) is 12.0 Å². The second-order valence-corrected chi connectivity index (χ2v) is 10.0. The summed E-state index contributed by atoms with van der Waals surface area (Å²) < 4.78 is 48.0. The van der Waals surface area contributed by atoms with Crippen molar-refractivity contribution in [2.75, 3.05) is 70.7 Å². The highest BCUT2D eigenvalue weighted by atomic mass is 32.2. The maximum atomic E-state index is 12.5. The van der Waals surface area contributed by atoms with Crippen LogP contribution in [-0.4, -0.2) is 102 Å². The molecule has 41 heavy (non-hydrogen) atoms. The van der Waals surface area contributed by atoms with E-state index in [1.807, 2.05) is 6.92 Å². The number of benzene rings is 1. The van der Waals surface area contributed by atoms with Crippen LogP contribution in [0.25, 0.3) is 0 Å². The zero-order valence-corrected chi connectivity index (χ0v) is 23.6. The molecule has 0 saturated carbocycles. The summed E-state index contributed by atoms with van der Waals surface area (Å²) in [5, 5.41) is 13.7. The van der Waals surface area contributed by atoms with Crippen molar-refractivity contribution in [3.63, 3.8) is 0 Å². The fraction of sp³-hybridized carbons (Fsp3) is 0.462. The molecule has 0 aliphatic carbocycles. The highest BCUT2D eigenvalue weighted by Crippen LogP contribution is 2.15. The van der Waals surface area contributed by atoms with Gasteiger partial charge in [0.2, 0.25) is 5.91 Å². The number of anilines is 1. The first-order chi connectivity index (χ1) is 19.7. The lowest BCUT2D eigenvalue weighted by Gasteiger charge is -2.09. The third-order valence-corrected chi connectivity index (χ3v) is 6.58. The third-order valence-electron chi connectivity index (χ3n) is 5.21. The molecule has 0 unspecified atom stereocenters. The molecule has 0 atom stereocenters. The number of aryl methyl sites for hydroxylation is 1. The predicted octanol–water partition coefficient (Wildman–Crippen LogP) is 0.442. The maximum absolute atomic E-state index is 12.5. The molecule has 1 aromatic heterocycles. The smallest absolute Gasteiger partial charge is 0.329 e. The van der Waals surface area contributed by atoms with E-state index < -0.39 is 21.9 Å². The number of carboxylic acids is 1. The van der Waals surface area contributed by atoms with Crippen molar-refractivity contribution in [3.05, 3.63) is 53.7 Å². The Bertz CT molecular complexity index is 1190. The molecule has 4 N–H and O–H groups in total. The van der Waals surface area contributed by atoms with Gasteiger partial charge in [0.15, 0.2) is 0 Å². The minimum absolute atomic E-state index is 0.0894. The molecule has 0 aliphatic heterocycles. The van der Waals surface area contributed by atoms with Gasteiger partial charge in [-0.05, 0) is 36.2 Å². The average molecular weight is 597 g/mol. The van der Waals surface area contributed by atoms with Gasteiger partial charge in [0.1, 0.15) is 19.0 Å². The lowest BCUT2D eigenvalue weighted by molar-refractivity contribution is -0.142. The molecule has 0 fully saturated rings. The number of nitrogens with zero attached hydrogens (tertiary/aromatic N) is 1. The summed E-state index contributed by atoms with van der Waals surface area (Å²) in [6, 6.07) is 9.43. The number of carbonyl (C=O) groups excluding carboxylic acids is 2. The highest BCUT2D eigenvalue weighted by Gasteiger charge is 2.15. The summed E-state index contributed by atoms with van der Waals surface area (Å²) in [6.07, 6.45) is 2.08. The summed E-state index contributed by atoms with van der Waals surface area (Å²) >= 11 is 0. The van der Waals surface area contributed by atoms with Crippen molar-refractivity contribution in [2.24, 2.45) is 0 Å². The van der Waals surface area contributed by atoms with Crippen LogP contribution >= 0.6 is 0 Å². The van der Waals surface area contributed by atoms with Crippen LogP contribution in [0.1, 0.15) is 22.8 Å². The van der Waals surface area contributed by atoms with Gasteiger partial charge in [0.05, 0.1) is 50.1 Å². The third kappa shape index (κ3) is 14.0.